The minimum absolute atomic E-state index is 0.469. The number of rotatable bonds is 6. The molecule has 1 saturated carbocycles. The van der Waals surface area contributed by atoms with E-state index in [9.17, 15) is 0 Å². The summed E-state index contributed by atoms with van der Waals surface area (Å²) in [6.07, 6.45) is 7.09. The van der Waals surface area contributed by atoms with Gasteiger partial charge in [0.2, 0.25) is 0 Å². The molecule has 2 saturated heterocycles. The van der Waals surface area contributed by atoms with Crippen molar-refractivity contribution in [2.75, 3.05) is 46.4 Å². The Hall–Kier alpha value is -0.490. The van der Waals surface area contributed by atoms with Crippen molar-refractivity contribution in [3.05, 3.63) is 16.1 Å². The molecule has 4 rings (SSSR count). The normalized spacial score (nSPS) is 27.8. The molecule has 1 aromatic rings. The molecule has 5 heteroatoms. The molecule has 0 bridgehead atoms. The highest BCUT2D eigenvalue weighted by molar-refractivity contribution is 7.09. The summed E-state index contributed by atoms with van der Waals surface area (Å²) >= 11 is 1.77. The predicted octanol–water partition coefficient (Wildman–Crippen LogP) is 3.41. The van der Waals surface area contributed by atoms with Crippen LogP contribution in [0.15, 0.2) is 5.38 Å². The topological polar surface area (TPSA) is 28.6 Å². The van der Waals surface area contributed by atoms with Gasteiger partial charge in [-0.2, -0.15) is 0 Å². The number of piperidine rings is 1. The SMILES string of the molecule is COC[C@@H]1CN(Cc2csc(C)n2)CC12CCN(CC1CCC1)CC2. The first-order valence-corrected chi connectivity index (χ1v) is 10.9. The van der Waals surface area contributed by atoms with Crippen molar-refractivity contribution in [1.82, 2.24) is 14.8 Å². The van der Waals surface area contributed by atoms with E-state index in [4.69, 9.17) is 4.74 Å². The first kappa shape index (κ1) is 17.9. The Bertz CT molecular complexity index is 563. The molecule has 0 aromatic carbocycles. The van der Waals surface area contributed by atoms with Gasteiger partial charge in [-0.25, -0.2) is 4.98 Å². The van der Waals surface area contributed by atoms with E-state index in [0.29, 0.717) is 11.3 Å². The summed E-state index contributed by atoms with van der Waals surface area (Å²) in [5, 5.41) is 3.41. The van der Waals surface area contributed by atoms with Gasteiger partial charge in [-0.05, 0) is 57.0 Å². The molecule has 0 radical (unpaired) electrons. The molecule has 1 aliphatic carbocycles. The molecular formula is C20H33N3OS. The molecule has 1 atom stereocenters. The van der Waals surface area contributed by atoms with Crippen molar-refractivity contribution in [3.8, 4) is 0 Å². The molecule has 1 aromatic heterocycles. The molecule has 140 valence electrons. The first-order chi connectivity index (χ1) is 12.2. The van der Waals surface area contributed by atoms with Gasteiger partial charge < -0.3 is 9.64 Å². The van der Waals surface area contributed by atoms with Crippen LogP contribution in [0.3, 0.4) is 0 Å². The third-order valence-electron chi connectivity index (χ3n) is 6.90. The Morgan fingerprint density at radius 1 is 1.28 bits per heavy atom. The zero-order chi connectivity index (χ0) is 17.3. The third-order valence-corrected chi connectivity index (χ3v) is 7.72. The van der Waals surface area contributed by atoms with E-state index in [1.807, 2.05) is 7.11 Å². The summed E-state index contributed by atoms with van der Waals surface area (Å²) in [5.74, 6) is 1.68. The third kappa shape index (κ3) is 3.95. The van der Waals surface area contributed by atoms with E-state index in [0.717, 1.165) is 19.1 Å². The monoisotopic (exact) mass is 363 g/mol. The van der Waals surface area contributed by atoms with Crippen LogP contribution in [0, 0.1) is 24.2 Å². The maximum Gasteiger partial charge on any atom is 0.0897 e. The van der Waals surface area contributed by atoms with Crippen LogP contribution in [0.25, 0.3) is 0 Å². The van der Waals surface area contributed by atoms with Crippen molar-refractivity contribution >= 4 is 11.3 Å². The highest BCUT2D eigenvalue weighted by Crippen LogP contribution is 2.45. The Morgan fingerprint density at radius 3 is 2.68 bits per heavy atom. The highest BCUT2D eigenvalue weighted by Gasteiger charge is 2.47. The number of methoxy groups -OCH3 is 1. The largest absolute Gasteiger partial charge is 0.384 e. The Morgan fingerprint density at radius 2 is 2.08 bits per heavy atom. The van der Waals surface area contributed by atoms with Gasteiger partial charge in [0, 0.05) is 44.6 Å². The standard InChI is InChI=1S/C20H33N3OS/c1-16-21-19(14-25-16)12-23-11-18(13-24-2)20(15-23)6-8-22(9-7-20)10-17-4-3-5-17/h14,17-18H,3-13,15H2,1-2H3/t18-/m0/s1. The fraction of sp³-hybridized carbons (Fsp3) is 0.850. The Kier molecular flexibility index (Phi) is 5.46. The average Bonchev–Trinajstić information content (AvgIpc) is 3.10. The molecule has 0 N–H and O–H groups in total. The molecule has 0 amide bonds. The molecular weight excluding hydrogens is 330 g/mol. The van der Waals surface area contributed by atoms with Crippen LogP contribution >= 0.6 is 11.3 Å². The maximum absolute atomic E-state index is 5.62. The maximum atomic E-state index is 5.62. The first-order valence-electron chi connectivity index (χ1n) is 10.0. The lowest BCUT2D eigenvalue weighted by atomic mass is 9.71. The molecule has 25 heavy (non-hydrogen) atoms. The van der Waals surface area contributed by atoms with Crippen LogP contribution in [0.5, 0.6) is 0 Å². The fourth-order valence-corrected chi connectivity index (χ4v) is 5.80. The van der Waals surface area contributed by atoms with Gasteiger partial charge in [0.15, 0.2) is 0 Å². The quantitative estimate of drug-likeness (QED) is 0.774. The van der Waals surface area contributed by atoms with Crippen LogP contribution in [-0.4, -0.2) is 61.2 Å². The molecule has 3 fully saturated rings. The minimum atomic E-state index is 0.469. The van der Waals surface area contributed by atoms with E-state index in [1.165, 1.54) is 75.5 Å². The number of likely N-dealkylation sites (tertiary alicyclic amines) is 2. The lowest BCUT2D eigenvalue weighted by molar-refractivity contribution is 0.0281. The van der Waals surface area contributed by atoms with E-state index in [-0.39, 0.29) is 0 Å². The Balaban J connectivity index is 1.37. The summed E-state index contributed by atoms with van der Waals surface area (Å²) in [7, 11) is 1.87. The van der Waals surface area contributed by atoms with Crippen LogP contribution in [0.1, 0.15) is 42.8 Å². The van der Waals surface area contributed by atoms with Crippen molar-refractivity contribution in [2.24, 2.45) is 17.3 Å². The van der Waals surface area contributed by atoms with Crippen LogP contribution in [-0.2, 0) is 11.3 Å². The van der Waals surface area contributed by atoms with E-state index >= 15 is 0 Å². The number of aromatic nitrogens is 1. The number of hydrogen-bond acceptors (Lipinski definition) is 5. The predicted molar refractivity (Wildman–Crippen MR) is 103 cm³/mol. The summed E-state index contributed by atoms with van der Waals surface area (Å²) in [6, 6.07) is 0. The molecule has 4 nitrogen and oxygen atoms in total. The average molecular weight is 364 g/mol. The number of ether oxygens (including phenoxy) is 1. The van der Waals surface area contributed by atoms with Crippen LogP contribution in [0.2, 0.25) is 0 Å². The second-order valence-corrected chi connectivity index (χ2v) is 9.70. The van der Waals surface area contributed by atoms with Gasteiger partial charge in [-0.3, -0.25) is 4.90 Å². The zero-order valence-corrected chi connectivity index (χ0v) is 16.7. The van der Waals surface area contributed by atoms with E-state index in [2.05, 4.69) is 27.1 Å². The molecule has 3 aliphatic rings. The molecule has 0 unspecified atom stereocenters. The second-order valence-electron chi connectivity index (χ2n) is 8.64. The fourth-order valence-electron chi connectivity index (χ4n) is 5.19. The Labute approximate surface area is 156 Å². The highest BCUT2D eigenvalue weighted by atomic mass is 32.1. The number of nitrogens with zero attached hydrogens (tertiary/aromatic N) is 3. The van der Waals surface area contributed by atoms with Gasteiger partial charge in [0.1, 0.15) is 0 Å². The summed E-state index contributed by atoms with van der Waals surface area (Å²) in [5.41, 5.74) is 1.72. The lowest BCUT2D eigenvalue weighted by Crippen LogP contribution is -2.46. The van der Waals surface area contributed by atoms with E-state index < -0.39 is 0 Å². The van der Waals surface area contributed by atoms with E-state index in [1.54, 1.807) is 11.3 Å². The number of hydrogen-bond donors (Lipinski definition) is 0. The smallest absolute Gasteiger partial charge is 0.0897 e. The zero-order valence-electron chi connectivity index (χ0n) is 15.9. The summed E-state index contributed by atoms with van der Waals surface area (Å²) in [6.45, 7) is 10.4. The van der Waals surface area contributed by atoms with Crippen molar-refractivity contribution in [3.63, 3.8) is 0 Å². The van der Waals surface area contributed by atoms with Crippen LogP contribution < -0.4 is 0 Å². The lowest BCUT2D eigenvalue weighted by Gasteiger charge is -2.44. The molecule has 2 aliphatic heterocycles. The van der Waals surface area contributed by atoms with Gasteiger partial charge in [0.05, 0.1) is 17.3 Å². The van der Waals surface area contributed by atoms with Gasteiger partial charge in [-0.1, -0.05) is 6.42 Å². The van der Waals surface area contributed by atoms with Crippen LogP contribution in [0.4, 0.5) is 0 Å². The van der Waals surface area contributed by atoms with Gasteiger partial charge >= 0.3 is 0 Å². The summed E-state index contributed by atoms with van der Waals surface area (Å²) < 4.78 is 5.62. The molecule has 1 spiro atoms. The minimum Gasteiger partial charge on any atom is -0.384 e. The molecule has 3 heterocycles. The second kappa shape index (κ2) is 7.63. The number of aryl methyl sites for hydroxylation is 1. The van der Waals surface area contributed by atoms with Gasteiger partial charge in [-0.15, -0.1) is 11.3 Å². The van der Waals surface area contributed by atoms with Gasteiger partial charge in [0.25, 0.3) is 0 Å². The van der Waals surface area contributed by atoms with Crippen molar-refractivity contribution < 1.29 is 4.74 Å². The van der Waals surface area contributed by atoms with Crippen molar-refractivity contribution in [2.45, 2.75) is 45.6 Å². The number of thiazole rings is 1. The summed E-state index contributed by atoms with van der Waals surface area (Å²) in [4.78, 5) is 10.1. The van der Waals surface area contributed by atoms with Crippen molar-refractivity contribution in [1.29, 1.82) is 0 Å².